The SMILES string of the molecule is Cc1cc(-c2ncc(-c3ncc(Cl)n3C)cc2/C=C/c2ccccc2)cnc1Br. The Kier molecular flexibility index (Phi) is 5.60. The zero-order valence-electron chi connectivity index (χ0n) is 16.0. The van der Waals surface area contributed by atoms with Gasteiger partial charge in [-0.2, -0.15) is 0 Å². The van der Waals surface area contributed by atoms with Gasteiger partial charge >= 0.3 is 0 Å². The first-order chi connectivity index (χ1) is 14.0. The van der Waals surface area contributed by atoms with E-state index >= 15 is 0 Å². The largest absolute Gasteiger partial charge is 0.318 e. The van der Waals surface area contributed by atoms with Gasteiger partial charge in [-0.1, -0.05) is 54.1 Å². The normalized spacial score (nSPS) is 11.3. The molecule has 0 aliphatic heterocycles. The van der Waals surface area contributed by atoms with Gasteiger partial charge in [-0.15, -0.1) is 0 Å². The Hall–Kier alpha value is -2.76. The van der Waals surface area contributed by atoms with E-state index in [1.807, 2.05) is 49.1 Å². The van der Waals surface area contributed by atoms with E-state index < -0.39 is 0 Å². The molecule has 0 N–H and O–H groups in total. The molecule has 0 radical (unpaired) electrons. The molecule has 0 aliphatic carbocycles. The van der Waals surface area contributed by atoms with Crippen LogP contribution in [-0.4, -0.2) is 19.5 Å². The second-order valence-electron chi connectivity index (χ2n) is 6.70. The molecule has 0 saturated heterocycles. The number of aromatic nitrogens is 4. The summed E-state index contributed by atoms with van der Waals surface area (Å²) in [4.78, 5) is 13.6. The van der Waals surface area contributed by atoms with Crippen molar-refractivity contribution in [3.05, 3.63) is 87.5 Å². The van der Waals surface area contributed by atoms with Crippen molar-refractivity contribution in [1.29, 1.82) is 0 Å². The minimum absolute atomic E-state index is 0.582. The van der Waals surface area contributed by atoms with Crippen molar-refractivity contribution < 1.29 is 0 Å². The average molecular weight is 466 g/mol. The molecule has 4 rings (SSSR count). The summed E-state index contributed by atoms with van der Waals surface area (Å²) in [6.45, 7) is 2.02. The standard InChI is InChI=1S/C23H18BrClN4/c1-15-10-18(12-27-22(15)24)21-17(9-8-16-6-4-3-5-7-16)11-19(13-26-21)23-28-14-20(25)29(23)2/h3-14H,1-2H3/b9-8+. The van der Waals surface area contributed by atoms with Crippen LogP contribution in [-0.2, 0) is 7.05 Å². The number of nitrogens with zero attached hydrogens (tertiary/aromatic N) is 4. The maximum Gasteiger partial charge on any atom is 0.142 e. The summed E-state index contributed by atoms with van der Waals surface area (Å²) in [5, 5.41) is 0.582. The Balaban J connectivity index is 1.84. The molecule has 0 spiro atoms. The van der Waals surface area contributed by atoms with E-state index in [1.54, 1.807) is 6.20 Å². The van der Waals surface area contributed by atoms with E-state index in [2.05, 4.69) is 62.3 Å². The molecule has 4 aromatic rings. The number of hydrogen-bond acceptors (Lipinski definition) is 3. The lowest BCUT2D eigenvalue weighted by Crippen LogP contribution is -1.97. The summed E-state index contributed by atoms with van der Waals surface area (Å²) >= 11 is 9.64. The highest BCUT2D eigenvalue weighted by Crippen LogP contribution is 2.29. The van der Waals surface area contributed by atoms with Gasteiger partial charge in [0.15, 0.2) is 0 Å². The van der Waals surface area contributed by atoms with Crippen LogP contribution < -0.4 is 0 Å². The minimum Gasteiger partial charge on any atom is -0.318 e. The molecule has 3 heterocycles. The number of halogens is 2. The van der Waals surface area contributed by atoms with Crippen LogP contribution in [0.15, 0.2) is 65.7 Å². The number of imidazole rings is 1. The third kappa shape index (κ3) is 4.16. The van der Waals surface area contributed by atoms with Crippen LogP contribution in [0.1, 0.15) is 16.7 Å². The monoisotopic (exact) mass is 464 g/mol. The molecule has 0 saturated carbocycles. The number of aryl methyl sites for hydroxylation is 1. The first kappa shape index (κ1) is 19.6. The number of rotatable bonds is 4. The molecule has 4 nitrogen and oxygen atoms in total. The van der Waals surface area contributed by atoms with Gasteiger partial charge in [0.1, 0.15) is 15.6 Å². The third-order valence-electron chi connectivity index (χ3n) is 4.65. The molecule has 3 aromatic heterocycles. The summed E-state index contributed by atoms with van der Waals surface area (Å²) in [7, 11) is 1.89. The Morgan fingerprint density at radius 1 is 0.931 bits per heavy atom. The fraction of sp³-hybridized carbons (Fsp3) is 0.0870. The van der Waals surface area contributed by atoms with Gasteiger partial charge in [0.2, 0.25) is 0 Å². The van der Waals surface area contributed by atoms with Gasteiger partial charge in [-0.05, 0) is 46.1 Å². The lowest BCUT2D eigenvalue weighted by atomic mass is 10.0. The molecule has 0 unspecified atom stereocenters. The predicted molar refractivity (Wildman–Crippen MR) is 122 cm³/mol. The molecule has 144 valence electrons. The van der Waals surface area contributed by atoms with Gasteiger partial charge in [0, 0.05) is 36.1 Å². The third-order valence-corrected chi connectivity index (χ3v) is 5.83. The molecule has 6 heteroatoms. The highest BCUT2D eigenvalue weighted by Gasteiger charge is 2.13. The van der Waals surface area contributed by atoms with Gasteiger partial charge in [0.05, 0.1) is 11.9 Å². The Labute approximate surface area is 183 Å². The fourth-order valence-corrected chi connectivity index (χ4v) is 3.41. The molecule has 1 aromatic carbocycles. The van der Waals surface area contributed by atoms with Gasteiger partial charge in [0.25, 0.3) is 0 Å². The molecule has 0 bridgehead atoms. The Bertz CT molecular complexity index is 1200. The highest BCUT2D eigenvalue weighted by atomic mass is 79.9. The number of hydrogen-bond donors (Lipinski definition) is 0. The van der Waals surface area contributed by atoms with Crippen molar-refractivity contribution in [2.75, 3.05) is 0 Å². The van der Waals surface area contributed by atoms with E-state index in [0.29, 0.717) is 5.15 Å². The Morgan fingerprint density at radius 2 is 1.69 bits per heavy atom. The topological polar surface area (TPSA) is 43.6 Å². The van der Waals surface area contributed by atoms with Crippen molar-refractivity contribution in [2.45, 2.75) is 6.92 Å². The van der Waals surface area contributed by atoms with Crippen LogP contribution in [0.4, 0.5) is 0 Å². The van der Waals surface area contributed by atoms with Crippen molar-refractivity contribution in [2.24, 2.45) is 7.05 Å². The highest BCUT2D eigenvalue weighted by molar-refractivity contribution is 9.10. The maximum atomic E-state index is 6.17. The predicted octanol–water partition coefficient (Wildman–Crippen LogP) is 6.44. The van der Waals surface area contributed by atoms with Gasteiger partial charge < -0.3 is 4.57 Å². The molecule has 29 heavy (non-hydrogen) atoms. The number of pyridine rings is 2. The van der Waals surface area contributed by atoms with Gasteiger partial charge in [-0.25, -0.2) is 9.97 Å². The minimum atomic E-state index is 0.582. The number of benzene rings is 1. The van der Waals surface area contributed by atoms with Crippen molar-refractivity contribution in [3.63, 3.8) is 0 Å². The molecule has 0 aliphatic rings. The Morgan fingerprint density at radius 3 is 2.38 bits per heavy atom. The summed E-state index contributed by atoms with van der Waals surface area (Å²) in [6, 6.07) is 14.3. The van der Waals surface area contributed by atoms with Crippen LogP contribution in [0, 0.1) is 6.92 Å². The van der Waals surface area contributed by atoms with E-state index in [4.69, 9.17) is 16.6 Å². The van der Waals surface area contributed by atoms with Crippen LogP contribution in [0.25, 0.3) is 34.8 Å². The second kappa shape index (κ2) is 8.31. The summed E-state index contributed by atoms with van der Waals surface area (Å²) in [5.74, 6) is 0.772. The first-order valence-corrected chi connectivity index (χ1v) is 10.2. The molecular formula is C23H18BrClN4. The average Bonchev–Trinajstić information content (AvgIpc) is 3.08. The lowest BCUT2D eigenvalue weighted by Gasteiger charge is -2.10. The van der Waals surface area contributed by atoms with Crippen LogP contribution in [0.3, 0.4) is 0 Å². The molecule has 0 atom stereocenters. The van der Waals surface area contributed by atoms with Crippen molar-refractivity contribution >= 4 is 39.7 Å². The first-order valence-electron chi connectivity index (χ1n) is 9.06. The van der Waals surface area contributed by atoms with E-state index in [-0.39, 0.29) is 0 Å². The van der Waals surface area contributed by atoms with Crippen molar-refractivity contribution in [3.8, 4) is 22.6 Å². The zero-order valence-corrected chi connectivity index (χ0v) is 18.3. The molecule has 0 fully saturated rings. The summed E-state index contributed by atoms with van der Waals surface area (Å²) in [6.07, 6.45) is 9.45. The smallest absolute Gasteiger partial charge is 0.142 e. The van der Waals surface area contributed by atoms with Crippen molar-refractivity contribution in [1.82, 2.24) is 19.5 Å². The fourth-order valence-electron chi connectivity index (χ4n) is 3.07. The zero-order chi connectivity index (χ0) is 20.4. The molecule has 0 amide bonds. The lowest BCUT2D eigenvalue weighted by molar-refractivity contribution is 0.924. The van der Waals surface area contributed by atoms with E-state index in [1.165, 1.54) is 0 Å². The van der Waals surface area contributed by atoms with E-state index in [0.717, 1.165) is 43.9 Å². The van der Waals surface area contributed by atoms with Crippen LogP contribution in [0.5, 0.6) is 0 Å². The molecular weight excluding hydrogens is 448 g/mol. The second-order valence-corrected chi connectivity index (χ2v) is 7.84. The quantitative estimate of drug-likeness (QED) is 0.326. The summed E-state index contributed by atoms with van der Waals surface area (Å²) < 4.78 is 2.68. The van der Waals surface area contributed by atoms with E-state index in [9.17, 15) is 0 Å². The van der Waals surface area contributed by atoms with Gasteiger partial charge in [-0.3, -0.25) is 4.98 Å². The van der Waals surface area contributed by atoms with Crippen LogP contribution >= 0.6 is 27.5 Å². The maximum absolute atomic E-state index is 6.17. The van der Waals surface area contributed by atoms with Crippen LogP contribution in [0.2, 0.25) is 5.15 Å². The summed E-state index contributed by atoms with van der Waals surface area (Å²) in [5.41, 5.74) is 5.88.